The Labute approximate surface area is 192 Å². The van der Waals surface area contributed by atoms with E-state index in [1.165, 1.54) is 30.4 Å². The van der Waals surface area contributed by atoms with Crippen molar-refractivity contribution in [1.29, 1.82) is 0 Å². The molecule has 2 aromatic rings. The number of hydrogen-bond acceptors (Lipinski definition) is 4. The largest absolute Gasteiger partial charge is 0.491 e. The van der Waals surface area contributed by atoms with Crippen LogP contribution in [0.25, 0.3) is 0 Å². The fourth-order valence-electron chi connectivity index (χ4n) is 4.41. The fraction of sp³-hybridized carbons (Fsp3) is 0.429. The second-order valence-electron chi connectivity index (χ2n) is 8.12. The van der Waals surface area contributed by atoms with Gasteiger partial charge in [-0.05, 0) is 48.2 Å². The zero-order valence-electron chi connectivity index (χ0n) is 19.1. The molecule has 0 aromatic heterocycles. The summed E-state index contributed by atoms with van der Waals surface area (Å²) in [5.74, 6) is 1.76. The summed E-state index contributed by atoms with van der Waals surface area (Å²) in [5.41, 5.74) is 2.77. The van der Waals surface area contributed by atoms with Crippen molar-refractivity contribution >= 4 is 0 Å². The van der Waals surface area contributed by atoms with Gasteiger partial charge in [-0.25, -0.2) is 0 Å². The van der Waals surface area contributed by atoms with Crippen LogP contribution in [0.3, 0.4) is 0 Å². The van der Waals surface area contributed by atoms with Gasteiger partial charge in [-0.3, -0.25) is 0 Å². The minimum atomic E-state index is 0.0510. The van der Waals surface area contributed by atoms with Crippen LogP contribution in [-0.4, -0.2) is 39.6 Å². The van der Waals surface area contributed by atoms with Gasteiger partial charge in [0.1, 0.15) is 24.7 Å². The Hall–Kier alpha value is -2.56. The van der Waals surface area contributed by atoms with Gasteiger partial charge in [-0.1, -0.05) is 55.7 Å². The molecule has 0 heterocycles. The normalized spacial score (nSPS) is 15.1. The second kappa shape index (κ2) is 13.1. The molecule has 0 N–H and O–H groups in total. The van der Waals surface area contributed by atoms with E-state index in [-0.39, 0.29) is 5.41 Å². The third-order valence-corrected chi connectivity index (χ3v) is 5.99. The highest BCUT2D eigenvalue weighted by Crippen LogP contribution is 2.45. The lowest BCUT2D eigenvalue weighted by Gasteiger charge is -2.38. The maximum absolute atomic E-state index is 5.82. The van der Waals surface area contributed by atoms with Crippen LogP contribution in [0.15, 0.2) is 73.8 Å². The fourth-order valence-corrected chi connectivity index (χ4v) is 4.41. The molecule has 0 bridgehead atoms. The van der Waals surface area contributed by atoms with E-state index in [1.54, 1.807) is 12.2 Å². The Bertz CT molecular complexity index is 741. The lowest BCUT2D eigenvalue weighted by Crippen LogP contribution is -2.30. The number of ether oxygens (including phenoxy) is 4. The molecule has 1 fully saturated rings. The summed E-state index contributed by atoms with van der Waals surface area (Å²) in [6, 6.07) is 17.2. The Balaban J connectivity index is 1.65. The monoisotopic (exact) mass is 436 g/mol. The zero-order valence-corrected chi connectivity index (χ0v) is 19.1. The third kappa shape index (κ3) is 6.72. The minimum absolute atomic E-state index is 0.0510. The van der Waals surface area contributed by atoms with Gasteiger partial charge in [0.05, 0.1) is 26.4 Å². The van der Waals surface area contributed by atoms with Gasteiger partial charge in [0.15, 0.2) is 0 Å². The molecule has 4 heteroatoms. The molecule has 0 atom stereocenters. The molecule has 2 aromatic carbocycles. The first-order valence-electron chi connectivity index (χ1n) is 11.6. The van der Waals surface area contributed by atoms with E-state index in [0.717, 1.165) is 24.3 Å². The van der Waals surface area contributed by atoms with Gasteiger partial charge in [-0.15, -0.1) is 13.2 Å². The van der Waals surface area contributed by atoms with Crippen LogP contribution in [0, 0.1) is 0 Å². The van der Waals surface area contributed by atoms with Crippen molar-refractivity contribution in [3.8, 4) is 11.5 Å². The van der Waals surface area contributed by atoms with Crippen molar-refractivity contribution in [2.45, 2.75) is 37.5 Å². The molecule has 0 radical (unpaired) electrons. The van der Waals surface area contributed by atoms with Crippen molar-refractivity contribution in [3.63, 3.8) is 0 Å². The van der Waals surface area contributed by atoms with Crippen LogP contribution in [-0.2, 0) is 14.9 Å². The lowest BCUT2D eigenvalue weighted by atomic mass is 9.65. The Morgan fingerprint density at radius 2 is 1.06 bits per heavy atom. The average molecular weight is 437 g/mol. The predicted octanol–water partition coefficient (Wildman–Crippen LogP) is 6.10. The van der Waals surface area contributed by atoms with Crippen LogP contribution in [0.5, 0.6) is 11.5 Å². The molecular weight excluding hydrogens is 400 g/mol. The summed E-state index contributed by atoms with van der Waals surface area (Å²) in [6.07, 6.45) is 9.62. The topological polar surface area (TPSA) is 36.9 Å². The van der Waals surface area contributed by atoms with E-state index >= 15 is 0 Å². The number of rotatable bonds is 14. The molecule has 172 valence electrons. The first-order chi connectivity index (χ1) is 15.8. The predicted molar refractivity (Wildman–Crippen MR) is 130 cm³/mol. The van der Waals surface area contributed by atoms with Gasteiger partial charge in [0.2, 0.25) is 0 Å². The highest BCUT2D eigenvalue weighted by atomic mass is 16.5. The van der Waals surface area contributed by atoms with Gasteiger partial charge < -0.3 is 18.9 Å². The quantitative estimate of drug-likeness (QED) is 0.265. The van der Waals surface area contributed by atoms with Crippen LogP contribution in [0.1, 0.15) is 43.2 Å². The van der Waals surface area contributed by atoms with Crippen molar-refractivity contribution < 1.29 is 18.9 Å². The van der Waals surface area contributed by atoms with Gasteiger partial charge in [-0.2, -0.15) is 0 Å². The Morgan fingerprint density at radius 3 is 1.47 bits per heavy atom. The van der Waals surface area contributed by atoms with E-state index in [4.69, 9.17) is 18.9 Å². The summed E-state index contributed by atoms with van der Waals surface area (Å²) in [6.45, 7) is 10.6. The summed E-state index contributed by atoms with van der Waals surface area (Å²) in [7, 11) is 0. The van der Waals surface area contributed by atoms with Crippen molar-refractivity contribution in [3.05, 3.63) is 85.0 Å². The van der Waals surface area contributed by atoms with E-state index in [0.29, 0.717) is 39.6 Å². The van der Waals surface area contributed by atoms with E-state index in [9.17, 15) is 0 Å². The number of hydrogen-bond donors (Lipinski definition) is 0. The molecule has 0 amide bonds. The molecule has 0 spiro atoms. The van der Waals surface area contributed by atoms with Crippen LogP contribution >= 0.6 is 0 Å². The minimum Gasteiger partial charge on any atom is -0.491 e. The molecule has 4 nitrogen and oxygen atoms in total. The highest BCUT2D eigenvalue weighted by Gasteiger charge is 2.35. The van der Waals surface area contributed by atoms with Crippen LogP contribution in [0.2, 0.25) is 0 Å². The van der Waals surface area contributed by atoms with E-state index in [1.807, 2.05) is 0 Å². The Morgan fingerprint density at radius 1 is 0.625 bits per heavy atom. The zero-order chi connectivity index (χ0) is 22.5. The standard InChI is InChI=1S/C28H36O4/c1-3-18-29-20-22-31-26-12-8-24(9-13-26)28(16-6-5-7-17-28)25-10-14-27(15-11-25)32-23-21-30-19-4-2/h3-4,8-15H,1-2,5-7,16-23H2. The molecule has 32 heavy (non-hydrogen) atoms. The maximum atomic E-state index is 5.82. The van der Waals surface area contributed by atoms with E-state index < -0.39 is 0 Å². The Kier molecular flexibility index (Phi) is 9.86. The molecule has 3 rings (SSSR count). The van der Waals surface area contributed by atoms with Gasteiger partial charge in [0, 0.05) is 5.41 Å². The first-order valence-corrected chi connectivity index (χ1v) is 11.6. The molecule has 1 aliphatic carbocycles. The van der Waals surface area contributed by atoms with Gasteiger partial charge in [0.25, 0.3) is 0 Å². The SMILES string of the molecule is C=CCOCCOc1ccc(C2(c3ccc(OCCOCC=C)cc3)CCCCC2)cc1. The summed E-state index contributed by atoms with van der Waals surface area (Å²) < 4.78 is 22.4. The van der Waals surface area contributed by atoms with Crippen molar-refractivity contribution in [2.75, 3.05) is 39.6 Å². The second-order valence-corrected chi connectivity index (χ2v) is 8.12. The van der Waals surface area contributed by atoms with E-state index in [2.05, 4.69) is 61.7 Å². The molecule has 0 saturated heterocycles. The highest BCUT2D eigenvalue weighted by molar-refractivity contribution is 5.43. The third-order valence-electron chi connectivity index (χ3n) is 5.99. The summed E-state index contributed by atoms with van der Waals surface area (Å²) >= 11 is 0. The molecular formula is C28H36O4. The van der Waals surface area contributed by atoms with Crippen LogP contribution < -0.4 is 9.47 Å². The van der Waals surface area contributed by atoms with Crippen molar-refractivity contribution in [1.82, 2.24) is 0 Å². The molecule has 1 saturated carbocycles. The average Bonchev–Trinajstić information content (AvgIpc) is 2.85. The summed E-state index contributed by atoms with van der Waals surface area (Å²) in [5, 5.41) is 0. The molecule has 0 unspecified atom stereocenters. The molecule has 0 aliphatic heterocycles. The maximum Gasteiger partial charge on any atom is 0.119 e. The lowest BCUT2D eigenvalue weighted by molar-refractivity contribution is 0.121. The van der Waals surface area contributed by atoms with Crippen molar-refractivity contribution in [2.24, 2.45) is 0 Å². The smallest absolute Gasteiger partial charge is 0.119 e. The van der Waals surface area contributed by atoms with Gasteiger partial charge >= 0.3 is 0 Å². The number of benzene rings is 2. The first kappa shape index (κ1) is 24.1. The van der Waals surface area contributed by atoms with Crippen LogP contribution in [0.4, 0.5) is 0 Å². The summed E-state index contributed by atoms with van der Waals surface area (Å²) in [4.78, 5) is 0. The molecule has 1 aliphatic rings.